The van der Waals surface area contributed by atoms with Gasteiger partial charge in [0.2, 0.25) is 0 Å². The molecule has 2 aromatic rings. The summed E-state index contributed by atoms with van der Waals surface area (Å²) in [7, 11) is -3.46. The zero-order chi connectivity index (χ0) is 20.7. The van der Waals surface area contributed by atoms with E-state index in [1.165, 1.54) is 12.3 Å². The molecule has 1 aliphatic rings. The second kappa shape index (κ2) is 7.37. The molecule has 1 fully saturated rings. The minimum absolute atomic E-state index is 0.104. The minimum atomic E-state index is -3.46. The molecule has 0 saturated carbocycles. The predicted octanol–water partition coefficient (Wildman–Crippen LogP) is 4.14. The van der Waals surface area contributed by atoms with E-state index in [1.807, 2.05) is 45.0 Å². The van der Waals surface area contributed by atoms with Crippen LogP contribution in [0.25, 0.3) is 11.3 Å². The summed E-state index contributed by atoms with van der Waals surface area (Å²) in [6, 6.07) is 8.98. The van der Waals surface area contributed by atoms with E-state index in [2.05, 4.69) is 4.98 Å². The monoisotopic (exact) mass is 422 g/mol. The number of pyridine rings is 1. The number of aromatic nitrogens is 1. The number of carbonyl (C=O) groups excluding carboxylic acids is 1. The lowest BCUT2D eigenvalue weighted by molar-refractivity contribution is 0.00819. The number of nitrogens with zero attached hydrogens (tertiary/aromatic N) is 2. The third kappa shape index (κ3) is 4.64. The Balaban J connectivity index is 1.74. The minimum Gasteiger partial charge on any atom is -0.444 e. The molecule has 1 aromatic heterocycles. The van der Waals surface area contributed by atoms with Crippen LogP contribution in [0.1, 0.15) is 32.3 Å². The first-order chi connectivity index (χ1) is 12.9. The fraction of sp³-hybridized carbons (Fsp3) is 0.400. The molecule has 6 nitrogen and oxygen atoms in total. The summed E-state index contributed by atoms with van der Waals surface area (Å²) in [5.41, 5.74) is 1.65. The average molecular weight is 423 g/mol. The highest BCUT2D eigenvalue weighted by Crippen LogP contribution is 2.32. The van der Waals surface area contributed by atoms with Gasteiger partial charge in [0.15, 0.2) is 9.84 Å². The number of sulfone groups is 1. The Labute approximate surface area is 170 Å². The third-order valence-electron chi connectivity index (χ3n) is 4.41. The van der Waals surface area contributed by atoms with E-state index in [4.69, 9.17) is 16.3 Å². The molecule has 1 aliphatic heterocycles. The topological polar surface area (TPSA) is 76.6 Å². The van der Waals surface area contributed by atoms with Crippen molar-refractivity contribution < 1.29 is 17.9 Å². The van der Waals surface area contributed by atoms with Crippen LogP contribution < -0.4 is 0 Å². The van der Waals surface area contributed by atoms with Gasteiger partial charge in [-0.3, -0.25) is 4.98 Å². The lowest BCUT2D eigenvalue weighted by Gasteiger charge is -2.40. The smallest absolute Gasteiger partial charge is 0.410 e. The van der Waals surface area contributed by atoms with E-state index in [1.54, 1.807) is 4.90 Å². The number of rotatable bonds is 3. The molecule has 0 spiro atoms. The third-order valence-corrected chi connectivity index (χ3v) is 5.72. The van der Waals surface area contributed by atoms with Crippen LogP contribution in [0, 0.1) is 0 Å². The van der Waals surface area contributed by atoms with Crippen LogP contribution in [0.15, 0.2) is 41.4 Å². The van der Waals surface area contributed by atoms with Crippen LogP contribution >= 0.6 is 11.6 Å². The molecule has 1 aromatic carbocycles. The number of ether oxygens (including phenoxy) is 1. The maximum atomic E-state index is 12.1. The highest BCUT2D eigenvalue weighted by atomic mass is 35.5. The Morgan fingerprint density at radius 1 is 1.21 bits per heavy atom. The molecule has 1 saturated heterocycles. The van der Waals surface area contributed by atoms with Gasteiger partial charge in [0, 0.05) is 37.0 Å². The first-order valence-corrected chi connectivity index (χ1v) is 11.1. The summed E-state index contributed by atoms with van der Waals surface area (Å²) in [6.07, 6.45) is 2.27. The summed E-state index contributed by atoms with van der Waals surface area (Å²) < 4.78 is 29.5. The molecule has 0 unspecified atom stereocenters. The zero-order valence-electron chi connectivity index (χ0n) is 16.3. The van der Waals surface area contributed by atoms with E-state index in [9.17, 15) is 13.2 Å². The predicted molar refractivity (Wildman–Crippen MR) is 108 cm³/mol. The molecular formula is C20H23ClN2O4S. The van der Waals surface area contributed by atoms with Gasteiger partial charge in [0.25, 0.3) is 0 Å². The lowest BCUT2D eigenvalue weighted by atomic mass is 9.91. The Morgan fingerprint density at radius 2 is 1.82 bits per heavy atom. The van der Waals surface area contributed by atoms with Crippen molar-refractivity contribution in [2.24, 2.45) is 0 Å². The molecule has 0 N–H and O–H groups in total. The largest absolute Gasteiger partial charge is 0.444 e. The fourth-order valence-electron chi connectivity index (χ4n) is 3.00. The van der Waals surface area contributed by atoms with E-state index in [0.29, 0.717) is 24.3 Å². The van der Waals surface area contributed by atoms with Crippen LogP contribution in [-0.4, -0.2) is 49.3 Å². The molecule has 0 atom stereocenters. The first-order valence-electron chi connectivity index (χ1n) is 8.88. The van der Waals surface area contributed by atoms with E-state index < -0.39 is 15.4 Å². The molecule has 3 rings (SSSR count). The summed E-state index contributed by atoms with van der Waals surface area (Å²) in [6.45, 7) is 6.73. The Kier molecular flexibility index (Phi) is 5.42. The van der Waals surface area contributed by atoms with E-state index in [-0.39, 0.29) is 21.9 Å². The molecule has 2 heterocycles. The van der Waals surface area contributed by atoms with Crippen molar-refractivity contribution in [3.8, 4) is 11.3 Å². The molecule has 8 heteroatoms. The van der Waals surface area contributed by atoms with Gasteiger partial charge in [0.1, 0.15) is 5.60 Å². The molecule has 150 valence electrons. The van der Waals surface area contributed by atoms with Crippen LogP contribution in [0.4, 0.5) is 4.79 Å². The highest BCUT2D eigenvalue weighted by Gasteiger charge is 2.34. The van der Waals surface area contributed by atoms with Gasteiger partial charge >= 0.3 is 6.09 Å². The van der Waals surface area contributed by atoms with E-state index >= 15 is 0 Å². The first kappa shape index (κ1) is 20.6. The van der Waals surface area contributed by atoms with Crippen molar-refractivity contribution in [2.75, 3.05) is 19.3 Å². The normalized spacial score (nSPS) is 15.2. The fourth-order valence-corrected chi connectivity index (χ4v) is 4.08. The number of halogens is 1. The second-order valence-electron chi connectivity index (χ2n) is 7.98. The molecular weight excluding hydrogens is 400 g/mol. The summed E-state index contributed by atoms with van der Waals surface area (Å²) in [5.74, 6) is 0.231. The van der Waals surface area contributed by atoms with Crippen molar-refractivity contribution in [1.82, 2.24) is 9.88 Å². The van der Waals surface area contributed by atoms with Crippen LogP contribution in [0.5, 0.6) is 0 Å². The van der Waals surface area contributed by atoms with Crippen molar-refractivity contribution in [3.05, 3.63) is 47.1 Å². The van der Waals surface area contributed by atoms with Gasteiger partial charge in [-0.2, -0.15) is 0 Å². The quantitative estimate of drug-likeness (QED) is 0.742. The van der Waals surface area contributed by atoms with Crippen LogP contribution in [0.2, 0.25) is 5.02 Å². The van der Waals surface area contributed by atoms with Crippen molar-refractivity contribution in [1.29, 1.82) is 0 Å². The number of amides is 1. The zero-order valence-corrected chi connectivity index (χ0v) is 17.8. The maximum absolute atomic E-state index is 12.1. The molecule has 0 aliphatic carbocycles. The summed E-state index contributed by atoms with van der Waals surface area (Å²) in [4.78, 5) is 18.0. The number of likely N-dealkylation sites (tertiary alicyclic amines) is 1. The Bertz CT molecular complexity index is 992. The van der Waals surface area contributed by atoms with Crippen LogP contribution in [-0.2, 0) is 14.6 Å². The number of carbonyl (C=O) groups is 1. The number of hydrogen-bond acceptors (Lipinski definition) is 5. The number of hydrogen-bond donors (Lipinski definition) is 0. The Morgan fingerprint density at radius 3 is 2.36 bits per heavy atom. The van der Waals surface area contributed by atoms with Crippen molar-refractivity contribution >= 4 is 27.5 Å². The van der Waals surface area contributed by atoms with Gasteiger partial charge < -0.3 is 9.64 Å². The van der Waals surface area contributed by atoms with Crippen molar-refractivity contribution in [3.63, 3.8) is 0 Å². The molecule has 28 heavy (non-hydrogen) atoms. The average Bonchev–Trinajstić information content (AvgIpc) is 2.51. The van der Waals surface area contributed by atoms with Gasteiger partial charge in [0.05, 0.1) is 15.6 Å². The second-order valence-corrected chi connectivity index (χ2v) is 10.4. The Hall–Kier alpha value is -2.12. The van der Waals surface area contributed by atoms with Crippen LogP contribution in [0.3, 0.4) is 0 Å². The standard InChI is InChI=1S/C20H23ClN2O4S/c1-20(2,3)27-19(24)23-11-15(12-23)13-5-7-14(8-6-13)18-17(28(4,25)26)9-16(21)10-22-18/h5-10,15H,11-12H2,1-4H3. The highest BCUT2D eigenvalue weighted by molar-refractivity contribution is 7.90. The van der Waals surface area contributed by atoms with Gasteiger partial charge in [-0.25, -0.2) is 13.2 Å². The molecule has 1 amide bonds. The number of benzene rings is 1. The van der Waals surface area contributed by atoms with Gasteiger partial charge in [-0.15, -0.1) is 0 Å². The summed E-state index contributed by atoms with van der Waals surface area (Å²) >= 11 is 5.91. The van der Waals surface area contributed by atoms with Crippen molar-refractivity contribution in [2.45, 2.75) is 37.2 Å². The van der Waals surface area contributed by atoms with E-state index in [0.717, 1.165) is 11.8 Å². The lowest BCUT2D eigenvalue weighted by Crippen LogP contribution is -2.50. The van der Waals surface area contributed by atoms with Gasteiger partial charge in [-0.1, -0.05) is 35.9 Å². The molecule has 0 bridgehead atoms. The molecule has 0 radical (unpaired) electrons. The van der Waals surface area contributed by atoms with Gasteiger partial charge in [-0.05, 0) is 32.4 Å². The maximum Gasteiger partial charge on any atom is 0.410 e. The SMILES string of the molecule is CC(C)(C)OC(=O)N1CC(c2ccc(-c3ncc(Cl)cc3S(C)(=O)=O)cc2)C1. The summed E-state index contributed by atoms with van der Waals surface area (Å²) in [5, 5.41) is 0.275.